The van der Waals surface area contributed by atoms with Gasteiger partial charge in [0.15, 0.2) is 0 Å². The van der Waals surface area contributed by atoms with Crippen LogP contribution in [0.1, 0.15) is 12.8 Å². The Kier molecular flexibility index (Phi) is 8.56. The molecule has 0 aromatic carbocycles. The topological polar surface area (TPSA) is 60.0 Å². The zero-order chi connectivity index (χ0) is 12.3. The predicted molar refractivity (Wildman–Crippen MR) is 65.1 cm³/mol. The number of methoxy groups -OCH3 is 1. The summed E-state index contributed by atoms with van der Waals surface area (Å²) in [6.07, 6.45) is 2.19. The Labute approximate surface area is 103 Å². The third kappa shape index (κ3) is 9.50. The van der Waals surface area contributed by atoms with Crippen molar-refractivity contribution in [2.75, 3.05) is 53.2 Å². The monoisotopic (exact) mass is 247 g/mol. The van der Waals surface area contributed by atoms with E-state index in [0.29, 0.717) is 33.0 Å². The molecule has 1 aliphatic rings. The second kappa shape index (κ2) is 9.79. The van der Waals surface area contributed by atoms with E-state index in [1.54, 1.807) is 7.11 Å². The Morgan fingerprint density at radius 3 is 2.76 bits per heavy atom. The first-order valence-electron chi connectivity index (χ1n) is 6.36. The van der Waals surface area contributed by atoms with Crippen LogP contribution in [0.2, 0.25) is 0 Å². The number of aliphatic hydroxyl groups is 1. The highest BCUT2D eigenvalue weighted by molar-refractivity contribution is 4.71. The largest absolute Gasteiger partial charge is 0.389 e. The molecule has 1 atom stereocenters. The number of hydrogen-bond donors (Lipinski definition) is 2. The molecule has 0 spiro atoms. The average molecular weight is 247 g/mol. The zero-order valence-corrected chi connectivity index (χ0v) is 10.7. The van der Waals surface area contributed by atoms with Crippen molar-refractivity contribution in [2.24, 2.45) is 5.92 Å². The van der Waals surface area contributed by atoms with Gasteiger partial charge in [-0.3, -0.25) is 0 Å². The van der Waals surface area contributed by atoms with Crippen LogP contribution in [0.15, 0.2) is 0 Å². The molecule has 1 fully saturated rings. The quantitative estimate of drug-likeness (QED) is 0.476. The summed E-state index contributed by atoms with van der Waals surface area (Å²) in [6.45, 7) is 4.37. The molecular weight excluding hydrogens is 222 g/mol. The first-order chi connectivity index (χ1) is 8.33. The van der Waals surface area contributed by atoms with Gasteiger partial charge in [-0.15, -0.1) is 0 Å². The molecule has 5 nitrogen and oxygen atoms in total. The smallest absolute Gasteiger partial charge is 0.0897 e. The van der Waals surface area contributed by atoms with Crippen LogP contribution in [0.3, 0.4) is 0 Å². The Morgan fingerprint density at radius 2 is 2.06 bits per heavy atom. The number of rotatable bonds is 12. The molecule has 0 bridgehead atoms. The maximum Gasteiger partial charge on any atom is 0.0897 e. The number of hydrogen-bond acceptors (Lipinski definition) is 5. The molecule has 102 valence electrons. The number of ether oxygens (including phenoxy) is 3. The van der Waals surface area contributed by atoms with E-state index >= 15 is 0 Å². The summed E-state index contributed by atoms with van der Waals surface area (Å²) in [5, 5.41) is 12.7. The van der Waals surface area contributed by atoms with Crippen molar-refractivity contribution in [3.05, 3.63) is 0 Å². The molecule has 0 radical (unpaired) electrons. The maximum absolute atomic E-state index is 9.53. The van der Waals surface area contributed by atoms with Gasteiger partial charge >= 0.3 is 0 Å². The highest BCUT2D eigenvalue weighted by atomic mass is 16.5. The molecule has 1 rings (SSSR count). The van der Waals surface area contributed by atoms with E-state index in [2.05, 4.69) is 5.32 Å². The van der Waals surface area contributed by atoms with Crippen molar-refractivity contribution in [1.82, 2.24) is 5.32 Å². The minimum absolute atomic E-state index is 0.347. The van der Waals surface area contributed by atoms with Gasteiger partial charge in [0, 0.05) is 26.8 Å². The summed E-state index contributed by atoms with van der Waals surface area (Å²) in [5.41, 5.74) is 0. The van der Waals surface area contributed by atoms with E-state index < -0.39 is 6.10 Å². The first-order valence-corrected chi connectivity index (χ1v) is 6.36. The standard InChI is InChI=1S/C12H25NO4/c1-15-6-7-17-10-12(14)8-13-4-5-16-9-11-2-3-11/h11-14H,2-10H2,1H3. The SMILES string of the molecule is COCCOCC(O)CNCCOCC1CC1. The van der Waals surface area contributed by atoms with Gasteiger partial charge < -0.3 is 24.6 Å². The van der Waals surface area contributed by atoms with Gasteiger partial charge in [0.2, 0.25) is 0 Å². The molecule has 0 aliphatic heterocycles. The van der Waals surface area contributed by atoms with Crippen LogP contribution in [-0.2, 0) is 14.2 Å². The lowest BCUT2D eigenvalue weighted by Gasteiger charge is -2.12. The van der Waals surface area contributed by atoms with E-state index in [0.717, 1.165) is 19.1 Å². The van der Waals surface area contributed by atoms with Crippen LogP contribution in [0.5, 0.6) is 0 Å². The Hall–Kier alpha value is -0.200. The van der Waals surface area contributed by atoms with Gasteiger partial charge in [-0.05, 0) is 18.8 Å². The van der Waals surface area contributed by atoms with Gasteiger partial charge in [-0.25, -0.2) is 0 Å². The summed E-state index contributed by atoms with van der Waals surface area (Å²) in [6, 6.07) is 0. The summed E-state index contributed by atoms with van der Waals surface area (Å²) < 4.78 is 15.5. The summed E-state index contributed by atoms with van der Waals surface area (Å²) in [7, 11) is 1.63. The molecular formula is C12H25NO4. The average Bonchev–Trinajstić information content (AvgIpc) is 3.13. The van der Waals surface area contributed by atoms with E-state index in [-0.39, 0.29) is 0 Å². The fourth-order valence-corrected chi connectivity index (χ4v) is 1.37. The molecule has 17 heavy (non-hydrogen) atoms. The minimum Gasteiger partial charge on any atom is -0.389 e. The van der Waals surface area contributed by atoms with Crippen molar-refractivity contribution >= 4 is 0 Å². The fourth-order valence-electron chi connectivity index (χ4n) is 1.37. The number of nitrogens with one attached hydrogen (secondary N) is 1. The highest BCUT2D eigenvalue weighted by Gasteiger charge is 2.20. The van der Waals surface area contributed by atoms with E-state index in [1.165, 1.54) is 12.8 Å². The molecule has 0 heterocycles. The maximum atomic E-state index is 9.53. The van der Waals surface area contributed by atoms with Gasteiger partial charge in [0.05, 0.1) is 32.5 Å². The van der Waals surface area contributed by atoms with Crippen LogP contribution in [0.4, 0.5) is 0 Å². The van der Waals surface area contributed by atoms with Crippen LogP contribution < -0.4 is 5.32 Å². The molecule has 0 amide bonds. The molecule has 0 saturated heterocycles. The zero-order valence-electron chi connectivity index (χ0n) is 10.7. The lowest BCUT2D eigenvalue weighted by molar-refractivity contribution is 0.0131. The highest BCUT2D eigenvalue weighted by Crippen LogP contribution is 2.28. The van der Waals surface area contributed by atoms with Crippen molar-refractivity contribution in [3.63, 3.8) is 0 Å². The van der Waals surface area contributed by atoms with E-state index in [9.17, 15) is 5.11 Å². The van der Waals surface area contributed by atoms with Crippen molar-refractivity contribution in [1.29, 1.82) is 0 Å². The molecule has 1 saturated carbocycles. The molecule has 2 N–H and O–H groups in total. The third-order valence-corrected chi connectivity index (χ3v) is 2.60. The third-order valence-electron chi connectivity index (χ3n) is 2.60. The van der Waals surface area contributed by atoms with Gasteiger partial charge in [-0.2, -0.15) is 0 Å². The van der Waals surface area contributed by atoms with Crippen molar-refractivity contribution < 1.29 is 19.3 Å². The van der Waals surface area contributed by atoms with Crippen LogP contribution in [-0.4, -0.2) is 64.4 Å². The van der Waals surface area contributed by atoms with Crippen LogP contribution >= 0.6 is 0 Å². The lowest BCUT2D eigenvalue weighted by atomic mass is 10.4. The van der Waals surface area contributed by atoms with E-state index in [4.69, 9.17) is 14.2 Å². The fraction of sp³-hybridized carbons (Fsp3) is 1.00. The van der Waals surface area contributed by atoms with Gasteiger partial charge in [-0.1, -0.05) is 0 Å². The molecule has 5 heteroatoms. The summed E-state index contributed by atoms with van der Waals surface area (Å²) >= 11 is 0. The Balaban J connectivity index is 1.74. The second-order valence-electron chi connectivity index (χ2n) is 4.44. The Morgan fingerprint density at radius 1 is 1.24 bits per heavy atom. The number of aliphatic hydroxyl groups excluding tert-OH is 1. The van der Waals surface area contributed by atoms with Crippen molar-refractivity contribution in [3.8, 4) is 0 Å². The molecule has 0 aromatic heterocycles. The second-order valence-corrected chi connectivity index (χ2v) is 4.44. The van der Waals surface area contributed by atoms with E-state index in [1.807, 2.05) is 0 Å². The lowest BCUT2D eigenvalue weighted by Crippen LogP contribution is -2.32. The first kappa shape index (κ1) is 14.9. The minimum atomic E-state index is -0.463. The normalized spacial score (nSPS) is 17.3. The van der Waals surface area contributed by atoms with Crippen molar-refractivity contribution in [2.45, 2.75) is 18.9 Å². The van der Waals surface area contributed by atoms with Crippen LogP contribution in [0.25, 0.3) is 0 Å². The summed E-state index contributed by atoms with van der Waals surface area (Å²) in [4.78, 5) is 0. The van der Waals surface area contributed by atoms with Gasteiger partial charge in [0.1, 0.15) is 0 Å². The summed E-state index contributed by atoms with van der Waals surface area (Å²) in [5.74, 6) is 0.815. The molecule has 1 unspecified atom stereocenters. The predicted octanol–water partition coefficient (Wildman–Crippen LogP) is 0.0265. The molecule has 0 aromatic rings. The molecule has 1 aliphatic carbocycles. The van der Waals surface area contributed by atoms with Crippen LogP contribution in [0, 0.1) is 5.92 Å². The van der Waals surface area contributed by atoms with Gasteiger partial charge in [0.25, 0.3) is 0 Å². The Bertz CT molecular complexity index is 176.